The monoisotopic (exact) mass is 240 g/mol. The maximum atomic E-state index is 5.51. The van der Waals surface area contributed by atoms with Crippen molar-refractivity contribution >= 4 is 11.3 Å². The molecule has 16 heavy (non-hydrogen) atoms. The van der Waals surface area contributed by atoms with E-state index in [1.807, 2.05) is 11.3 Å². The summed E-state index contributed by atoms with van der Waals surface area (Å²) in [4.78, 5) is 5.25. The van der Waals surface area contributed by atoms with Crippen LogP contribution in [0.4, 0.5) is 0 Å². The molecule has 0 amide bonds. The highest BCUT2D eigenvalue weighted by Gasteiger charge is 2.16. The molecule has 1 heterocycles. The van der Waals surface area contributed by atoms with E-state index < -0.39 is 0 Å². The Morgan fingerprint density at radius 1 is 1.31 bits per heavy atom. The lowest BCUT2D eigenvalue weighted by Gasteiger charge is -2.16. The molecule has 0 saturated heterocycles. The van der Waals surface area contributed by atoms with Crippen molar-refractivity contribution in [3.05, 3.63) is 21.9 Å². The molecule has 3 heteroatoms. The number of nitrogens with zero attached hydrogens (tertiary/aromatic N) is 1. The van der Waals surface area contributed by atoms with Gasteiger partial charge in [-0.2, -0.15) is 0 Å². The van der Waals surface area contributed by atoms with Crippen LogP contribution >= 0.6 is 11.3 Å². The second kappa shape index (κ2) is 5.80. The molecule has 0 spiro atoms. The van der Waals surface area contributed by atoms with Gasteiger partial charge in [0.05, 0.1) is 0 Å². The summed E-state index contributed by atoms with van der Waals surface area (Å²) < 4.78 is 0. The maximum Gasteiger partial charge on any atom is 0.0324 e. The lowest BCUT2D eigenvalue weighted by atomic mass is 9.95. The summed E-state index contributed by atoms with van der Waals surface area (Å²) in [6.07, 6.45) is 1.08. The zero-order valence-electron chi connectivity index (χ0n) is 10.9. The van der Waals surface area contributed by atoms with Gasteiger partial charge >= 0.3 is 0 Å². The average Bonchev–Trinajstić information content (AvgIpc) is 2.62. The molecule has 2 nitrogen and oxygen atoms in total. The summed E-state index contributed by atoms with van der Waals surface area (Å²) in [5.74, 6) is 0. The molecule has 0 aliphatic carbocycles. The fourth-order valence-electron chi connectivity index (χ4n) is 1.57. The Labute approximate surface area is 103 Å². The highest BCUT2D eigenvalue weighted by atomic mass is 32.1. The summed E-state index contributed by atoms with van der Waals surface area (Å²) in [6, 6.07) is 4.51. The van der Waals surface area contributed by atoms with Crippen molar-refractivity contribution < 1.29 is 0 Å². The summed E-state index contributed by atoms with van der Waals surface area (Å²) in [6.45, 7) is 9.70. The van der Waals surface area contributed by atoms with E-state index in [4.69, 9.17) is 5.73 Å². The minimum atomic E-state index is 0.277. The highest BCUT2D eigenvalue weighted by molar-refractivity contribution is 7.12. The van der Waals surface area contributed by atoms with Crippen LogP contribution in [0.1, 0.15) is 36.9 Å². The summed E-state index contributed by atoms with van der Waals surface area (Å²) >= 11 is 1.93. The Balaban J connectivity index is 2.52. The first-order valence-electron chi connectivity index (χ1n) is 5.91. The number of nitrogens with two attached hydrogens (primary N) is 1. The van der Waals surface area contributed by atoms with Gasteiger partial charge in [-0.05, 0) is 44.1 Å². The summed E-state index contributed by atoms with van der Waals surface area (Å²) in [5, 5.41) is 0. The second-order valence-corrected chi connectivity index (χ2v) is 6.56. The molecule has 0 fully saturated rings. The van der Waals surface area contributed by atoms with Crippen molar-refractivity contribution in [2.75, 3.05) is 20.1 Å². The van der Waals surface area contributed by atoms with E-state index in [9.17, 15) is 0 Å². The number of rotatable bonds is 5. The van der Waals surface area contributed by atoms with Crippen LogP contribution < -0.4 is 5.73 Å². The third kappa shape index (κ3) is 4.24. The molecule has 0 atom stereocenters. The molecule has 1 rings (SSSR count). The van der Waals surface area contributed by atoms with Crippen molar-refractivity contribution in [1.29, 1.82) is 0 Å². The van der Waals surface area contributed by atoms with E-state index in [2.05, 4.69) is 44.9 Å². The first-order valence-corrected chi connectivity index (χ1v) is 6.73. The van der Waals surface area contributed by atoms with Crippen LogP contribution in [-0.4, -0.2) is 25.0 Å². The van der Waals surface area contributed by atoms with Crippen molar-refractivity contribution in [3.8, 4) is 0 Å². The minimum Gasteiger partial charge on any atom is -0.330 e. The van der Waals surface area contributed by atoms with Gasteiger partial charge < -0.3 is 10.6 Å². The van der Waals surface area contributed by atoms with Gasteiger partial charge in [0.25, 0.3) is 0 Å². The molecule has 0 bridgehead atoms. The van der Waals surface area contributed by atoms with Gasteiger partial charge in [0.1, 0.15) is 0 Å². The quantitative estimate of drug-likeness (QED) is 0.857. The van der Waals surface area contributed by atoms with E-state index >= 15 is 0 Å². The average molecular weight is 240 g/mol. The van der Waals surface area contributed by atoms with Crippen molar-refractivity contribution in [2.24, 2.45) is 5.73 Å². The van der Waals surface area contributed by atoms with Crippen LogP contribution in [0, 0.1) is 0 Å². The van der Waals surface area contributed by atoms with E-state index in [1.54, 1.807) is 0 Å². The third-order valence-corrected chi connectivity index (χ3v) is 4.07. The predicted molar refractivity (Wildman–Crippen MR) is 73.0 cm³/mol. The molecule has 0 radical (unpaired) electrons. The van der Waals surface area contributed by atoms with Gasteiger partial charge in [-0.3, -0.25) is 0 Å². The zero-order chi connectivity index (χ0) is 12.2. The van der Waals surface area contributed by atoms with E-state index in [0.717, 1.165) is 26.1 Å². The van der Waals surface area contributed by atoms with Gasteiger partial charge in [0.15, 0.2) is 0 Å². The van der Waals surface area contributed by atoms with Crippen molar-refractivity contribution in [2.45, 2.75) is 39.2 Å². The Hall–Kier alpha value is -0.380. The highest BCUT2D eigenvalue weighted by Crippen LogP contribution is 2.29. The van der Waals surface area contributed by atoms with E-state index in [1.165, 1.54) is 9.75 Å². The fraction of sp³-hybridized carbons (Fsp3) is 0.692. The Morgan fingerprint density at radius 3 is 2.50 bits per heavy atom. The third-order valence-electron chi connectivity index (χ3n) is 2.57. The molecular weight excluding hydrogens is 216 g/mol. The standard InChI is InChI=1S/C13H24N2S/c1-13(2,3)12-7-6-11(16-12)10-15(4)9-5-8-14/h6-7H,5,8-10,14H2,1-4H3. The summed E-state index contributed by atoms with van der Waals surface area (Å²) in [5.41, 5.74) is 5.78. The molecule has 92 valence electrons. The van der Waals surface area contributed by atoms with Crippen LogP contribution in [0.25, 0.3) is 0 Å². The van der Waals surface area contributed by atoms with Crippen LogP contribution in [-0.2, 0) is 12.0 Å². The summed E-state index contributed by atoms with van der Waals surface area (Å²) in [7, 11) is 2.16. The molecule has 0 aliphatic heterocycles. The van der Waals surface area contributed by atoms with Gasteiger partial charge in [-0.25, -0.2) is 0 Å². The number of hydrogen-bond acceptors (Lipinski definition) is 3. The molecule has 1 aromatic heterocycles. The van der Waals surface area contributed by atoms with E-state index in [0.29, 0.717) is 0 Å². The van der Waals surface area contributed by atoms with Crippen molar-refractivity contribution in [1.82, 2.24) is 4.90 Å². The predicted octanol–water partition coefficient (Wildman–Crippen LogP) is 2.83. The van der Waals surface area contributed by atoms with Gasteiger partial charge in [0.2, 0.25) is 0 Å². The second-order valence-electron chi connectivity index (χ2n) is 5.40. The Bertz CT molecular complexity index is 312. The normalized spacial score (nSPS) is 12.4. The smallest absolute Gasteiger partial charge is 0.0324 e. The number of thiophene rings is 1. The van der Waals surface area contributed by atoms with Gasteiger partial charge in [-0.1, -0.05) is 20.8 Å². The lowest BCUT2D eigenvalue weighted by Crippen LogP contribution is -2.20. The molecule has 0 saturated carbocycles. The van der Waals surface area contributed by atoms with E-state index in [-0.39, 0.29) is 5.41 Å². The Morgan fingerprint density at radius 2 is 2.00 bits per heavy atom. The van der Waals surface area contributed by atoms with Crippen molar-refractivity contribution in [3.63, 3.8) is 0 Å². The SMILES string of the molecule is CN(CCCN)Cc1ccc(C(C)(C)C)s1. The minimum absolute atomic E-state index is 0.277. The van der Waals surface area contributed by atoms with Crippen LogP contribution in [0.15, 0.2) is 12.1 Å². The molecular formula is C13H24N2S. The molecule has 0 aliphatic rings. The van der Waals surface area contributed by atoms with Gasteiger partial charge in [0, 0.05) is 16.3 Å². The molecule has 1 aromatic rings. The van der Waals surface area contributed by atoms with Gasteiger partial charge in [-0.15, -0.1) is 11.3 Å². The Kier molecular flexibility index (Phi) is 4.96. The zero-order valence-corrected chi connectivity index (χ0v) is 11.7. The molecule has 0 unspecified atom stereocenters. The number of hydrogen-bond donors (Lipinski definition) is 1. The fourth-order valence-corrected chi connectivity index (χ4v) is 2.72. The topological polar surface area (TPSA) is 29.3 Å². The van der Waals surface area contributed by atoms with Crippen LogP contribution in [0.2, 0.25) is 0 Å². The van der Waals surface area contributed by atoms with Crippen LogP contribution in [0.3, 0.4) is 0 Å². The first kappa shape index (κ1) is 13.7. The van der Waals surface area contributed by atoms with Crippen LogP contribution in [0.5, 0.6) is 0 Å². The first-order chi connectivity index (χ1) is 7.43. The largest absolute Gasteiger partial charge is 0.330 e. The molecule has 2 N–H and O–H groups in total. The molecule has 0 aromatic carbocycles. The maximum absolute atomic E-state index is 5.51. The lowest BCUT2D eigenvalue weighted by molar-refractivity contribution is 0.327.